The quantitative estimate of drug-likeness (QED) is 0.276. The number of amides is 1. The highest BCUT2D eigenvalue weighted by Gasteiger charge is 2.44. The summed E-state index contributed by atoms with van der Waals surface area (Å²) in [6, 6.07) is 20.3. The highest BCUT2D eigenvalue weighted by Crippen LogP contribution is 2.42. The molecule has 35 heavy (non-hydrogen) atoms. The zero-order chi connectivity index (χ0) is 24.9. The third-order valence-electron chi connectivity index (χ3n) is 5.52. The number of aliphatic hydroxyl groups is 1. The number of ketones is 1. The highest BCUT2D eigenvalue weighted by molar-refractivity contribution is 6.19. The van der Waals surface area contributed by atoms with Crippen molar-refractivity contribution in [3.63, 3.8) is 0 Å². The van der Waals surface area contributed by atoms with Crippen molar-refractivity contribution in [2.75, 3.05) is 11.5 Å². The second-order valence-electron chi connectivity index (χ2n) is 7.73. The van der Waals surface area contributed by atoms with E-state index in [0.29, 0.717) is 23.6 Å². The van der Waals surface area contributed by atoms with Gasteiger partial charge < -0.3 is 9.84 Å². The Morgan fingerprint density at radius 1 is 1.09 bits per heavy atom. The molecule has 176 valence electrons. The molecule has 0 saturated carbocycles. The molecular formula is C27H22N2O6. The number of rotatable bonds is 8. The molecule has 8 heteroatoms. The van der Waals surface area contributed by atoms with Gasteiger partial charge in [-0.3, -0.25) is 24.6 Å². The number of nitro benzene ring substituents is 1. The molecule has 8 nitrogen and oxygen atoms in total. The molecule has 3 aromatic rings. The molecule has 4 rings (SSSR count). The van der Waals surface area contributed by atoms with Gasteiger partial charge in [0.25, 0.3) is 11.6 Å². The first-order valence-corrected chi connectivity index (χ1v) is 10.9. The van der Waals surface area contributed by atoms with E-state index in [4.69, 9.17) is 4.74 Å². The van der Waals surface area contributed by atoms with Gasteiger partial charge in [-0.05, 0) is 48.4 Å². The maximum atomic E-state index is 13.3. The first-order valence-electron chi connectivity index (χ1n) is 10.9. The summed E-state index contributed by atoms with van der Waals surface area (Å²) in [4.78, 5) is 38.5. The number of carbonyl (C=O) groups excluding carboxylic acids is 2. The van der Waals surface area contributed by atoms with Crippen molar-refractivity contribution < 1.29 is 24.4 Å². The van der Waals surface area contributed by atoms with Crippen molar-refractivity contribution in [3.8, 4) is 5.75 Å². The Bertz CT molecular complexity index is 1330. The lowest BCUT2D eigenvalue weighted by Crippen LogP contribution is -2.30. The Balaban J connectivity index is 1.79. The molecule has 1 amide bonds. The van der Waals surface area contributed by atoms with Crippen molar-refractivity contribution in [2.24, 2.45) is 0 Å². The van der Waals surface area contributed by atoms with Crippen LogP contribution in [0.2, 0.25) is 0 Å². The van der Waals surface area contributed by atoms with Crippen LogP contribution in [0.3, 0.4) is 0 Å². The van der Waals surface area contributed by atoms with Crippen LogP contribution < -0.4 is 9.64 Å². The average Bonchev–Trinajstić information content (AvgIpc) is 3.14. The van der Waals surface area contributed by atoms with Crippen LogP contribution in [0, 0.1) is 10.1 Å². The van der Waals surface area contributed by atoms with Gasteiger partial charge in [-0.15, -0.1) is 0 Å². The van der Waals surface area contributed by atoms with Gasteiger partial charge in [0.1, 0.15) is 5.75 Å². The Kier molecular flexibility index (Phi) is 6.73. The molecule has 0 spiro atoms. The fourth-order valence-electron chi connectivity index (χ4n) is 3.94. The van der Waals surface area contributed by atoms with Gasteiger partial charge in [-0.2, -0.15) is 0 Å². The molecule has 1 atom stereocenters. The fourth-order valence-corrected chi connectivity index (χ4v) is 3.94. The fraction of sp³-hybridized carbons (Fsp3) is 0.111. The number of carbonyl (C=O) groups is 2. The number of benzene rings is 3. The summed E-state index contributed by atoms with van der Waals surface area (Å²) in [7, 11) is 0. The molecule has 1 N–H and O–H groups in total. The van der Waals surface area contributed by atoms with E-state index in [1.54, 1.807) is 36.4 Å². The second-order valence-corrected chi connectivity index (χ2v) is 7.73. The topological polar surface area (TPSA) is 110 Å². The summed E-state index contributed by atoms with van der Waals surface area (Å²) in [5, 5.41) is 22.2. The Morgan fingerprint density at radius 2 is 1.80 bits per heavy atom. The van der Waals surface area contributed by atoms with Crippen LogP contribution in [0.4, 0.5) is 11.4 Å². The van der Waals surface area contributed by atoms with Crippen LogP contribution in [0.5, 0.6) is 5.75 Å². The number of nitro groups is 1. The number of hydrogen-bond acceptors (Lipinski definition) is 6. The standard InChI is InChI=1S/C27H22N2O6/c1-2-35-22-14-12-20(13-15-22)28-25(19-9-6-10-21(17-19)29(33)34)24(26(31)27(28)32)23(30)16-11-18-7-4-3-5-8-18/h3-17,25,31H,2H2,1H3/b16-11+/t25-/m0/s1. The van der Waals surface area contributed by atoms with E-state index in [-0.39, 0.29) is 11.3 Å². The van der Waals surface area contributed by atoms with Crippen LogP contribution in [-0.4, -0.2) is 28.3 Å². The molecule has 1 aliphatic rings. The Labute approximate surface area is 201 Å². The number of allylic oxidation sites excluding steroid dienone is 1. The van der Waals surface area contributed by atoms with Crippen LogP contribution in [0.15, 0.2) is 96.3 Å². The number of anilines is 1. The van der Waals surface area contributed by atoms with Gasteiger partial charge in [-0.1, -0.05) is 48.5 Å². The number of ether oxygens (including phenoxy) is 1. The van der Waals surface area contributed by atoms with Crippen LogP contribution in [-0.2, 0) is 9.59 Å². The van der Waals surface area contributed by atoms with Crippen molar-refractivity contribution in [2.45, 2.75) is 13.0 Å². The molecule has 1 heterocycles. The van der Waals surface area contributed by atoms with Gasteiger partial charge in [-0.25, -0.2) is 0 Å². The molecule has 3 aromatic carbocycles. The molecule has 0 unspecified atom stereocenters. The summed E-state index contributed by atoms with van der Waals surface area (Å²) >= 11 is 0. The summed E-state index contributed by atoms with van der Waals surface area (Å²) in [5.74, 6) is -1.46. The number of hydrogen-bond donors (Lipinski definition) is 1. The van der Waals surface area contributed by atoms with Crippen molar-refractivity contribution >= 4 is 29.1 Å². The lowest BCUT2D eigenvalue weighted by atomic mass is 9.95. The minimum absolute atomic E-state index is 0.156. The van der Waals surface area contributed by atoms with Gasteiger partial charge in [0, 0.05) is 17.8 Å². The predicted octanol–water partition coefficient (Wildman–Crippen LogP) is 5.18. The summed E-state index contributed by atoms with van der Waals surface area (Å²) in [5.41, 5.74) is 1.13. The van der Waals surface area contributed by atoms with Crippen molar-refractivity contribution in [1.82, 2.24) is 0 Å². The SMILES string of the molecule is CCOc1ccc(N2C(=O)C(O)=C(C(=O)/C=C/c3ccccc3)[C@@H]2c2cccc([N+](=O)[O-])c2)cc1. The minimum Gasteiger partial charge on any atom is -0.503 e. The minimum atomic E-state index is -1.06. The molecule has 0 radical (unpaired) electrons. The highest BCUT2D eigenvalue weighted by atomic mass is 16.6. The maximum absolute atomic E-state index is 13.3. The van der Waals surface area contributed by atoms with Crippen LogP contribution >= 0.6 is 0 Å². The van der Waals surface area contributed by atoms with E-state index in [0.717, 1.165) is 5.56 Å². The first-order chi connectivity index (χ1) is 16.9. The van der Waals surface area contributed by atoms with Gasteiger partial charge >= 0.3 is 0 Å². The summed E-state index contributed by atoms with van der Waals surface area (Å²) < 4.78 is 5.46. The van der Waals surface area contributed by atoms with E-state index < -0.39 is 28.4 Å². The predicted molar refractivity (Wildman–Crippen MR) is 131 cm³/mol. The zero-order valence-corrected chi connectivity index (χ0v) is 18.8. The first kappa shape index (κ1) is 23.4. The molecular weight excluding hydrogens is 448 g/mol. The maximum Gasteiger partial charge on any atom is 0.294 e. The second kappa shape index (κ2) is 10.0. The monoisotopic (exact) mass is 470 g/mol. The summed E-state index contributed by atoms with van der Waals surface area (Å²) in [6.45, 7) is 2.31. The number of aliphatic hydroxyl groups excluding tert-OH is 1. The Morgan fingerprint density at radius 3 is 2.46 bits per heavy atom. The van der Waals surface area contributed by atoms with Crippen LogP contribution in [0.25, 0.3) is 6.08 Å². The zero-order valence-electron chi connectivity index (χ0n) is 18.8. The smallest absolute Gasteiger partial charge is 0.294 e. The van der Waals surface area contributed by atoms with Crippen LogP contribution in [0.1, 0.15) is 24.1 Å². The Hall–Kier alpha value is -4.72. The molecule has 0 fully saturated rings. The average molecular weight is 470 g/mol. The molecule has 0 saturated heterocycles. The van der Waals surface area contributed by atoms with Crippen molar-refractivity contribution in [1.29, 1.82) is 0 Å². The molecule has 0 bridgehead atoms. The summed E-state index contributed by atoms with van der Waals surface area (Å²) in [6.07, 6.45) is 2.86. The lowest BCUT2D eigenvalue weighted by Gasteiger charge is -2.26. The van der Waals surface area contributed by atoms with Crippen molar-refractivity contribution in [3.05, 3.63) is 118 Å². The number of non-ortho nitro benzene ring substituents is 1. The lowest BCUT2D eigenvalue weighted by molar-refractivity contribution is -0.384. The van der Waals surface area contributed by atoms with E-state index in [1.165, 1.54) is 29.2 Å². The molecule has 0 aromatic heterocycles. The number of nitrogens with zero attached hydrogens (tertiary/aromatic N) is 2. The third-order valence-corrected chi connectivity index (χ3v) is 5.52. The van der Waals surface area contributed by atoms with E-state index >= 15 is 0 Å². The molecule has 0 aliphatic carbocycles. The normalized spacial score (nSPS) is 15.6. The van der Waals surface area contributed by atoms with E-state index in [2.05, 4.69) is 0 Å². The van der Waals surface area contributed by atoms with E-state index in [1.807, 2.05) is 37.3 Å². The van der Waals surface area contributed by atoms with Gasteiger partial charge in [0.15, 0.2) is 11.5 Å². The van der Waals surface area contributed by atoms with Gasteiger partial charge in [0.05, 0.1) is 23.1 Å². The largest absolute Gasteiger partial charge is 0.503 e. The van der Waals surface area contributed by atoms with Gasteiger partial charge in [0.2, 0.25) is 0 Å². The molecule has 1 aliphatic heterocycles. The van der Waals surface area contributed by atoms with E-state index in [9.17, 15) is 24.8 Å². The third kappa shape index (κ3) is 4.81.